The van der Waals surface area contributed by atoms with E-state index in [1.807, 2.05) is 24.3 Å². The minimum atomic E-state index is -0.692. The summed E-state index contributed by atoms with van der Waals surface area (Å²) < 4.78 is 11.2. The van der Waals surface area contributed by atoms with Crippen molar-refractivity contribution in [2.45, 2.75) is 18.9 Å². The van der Waals surface area contributed by atoms with E-state index in [1.165, 1.54) is 4.88 Å². The molecule has 1 fully saturated rings. The predicted octanol–water partition coefficient (Wildman–Crippen LogP) is 3.65. The van der Waals surface area contributed by atoms with Crippen molar-refractivity contribution in [3.8, 4) is 11.5 Å². The molecule has 0 amide bonds. The van der Waals surface area contributed by atoms with Crippen LogP contribution in [0.15, 0.2) is 35.7 Å². The van der Waals surface area contributed by atoms with Crippen LogP contribution in [0.5, 0.6) is 11.5 Å². The van der Waals surface area contributed by atoms with Crippen LogP contribution in [0.1, 0.15) is 29.3 Å². The largest absolute Gasteiger partial charge is 0.496 e. The highest BCUT2D eigenvalue weighted by atomic mass is 32.1. The molecule has 0 radical (unpaired) electrons. The molecule has 1 unspecified atom stereocenters. The van der Waals surface area contributed by atoms with E-state index in [1.54, 1.807) is 25.6 Å². The molecule has 0 saturated carbocycles. The van der Waals surface area contributed by atoms with Gasteiger partial charge >= 0.3 is 5.97 Å². The normalized spacial score (nSPS) is 17.2. The highest BCUT2D eigenvalue weighted by Gasteiger charge is 2.33. The molecule has 1 saturated heterocycles. The number of nitrogens with zero attached hydrogens (tertiary/aromatic N) is 1. The summed E-state index contributed by atoms with van der Waals surface area (Å²) in [6.45, 7) is 1.47. The van der Waals surface area contributed by atoms with E-state index in [-0.39, 0.29) is 12.0 Å². The molecule has 6 heteroatoms. The quantitative estimate of drug-likeness (QED) is 0.851. The second kappa shape index (κ2) is 7.89. The van der Waals surface area contributed by atoms with Crippen molar-refractivity contribution < 1.29 is 19.4 Å². The molecule has 2 aromatic rings. The zero-order valence-corrected chi connectivity index (χ0v) is 15.3. The second-order valence-corrected chi connectivity index (χ2v) is 7.12. The maximum absolute atomic E-state index is 11.3. The Morgan fingerprint density at radius 2 is 1.80 bits per heavy atom. The molecule has 0 aliphatic carbocycles. The number of aliphatic carboxylic acids is 1. The molecular formula is C19H23NO4S. The first-order chi connectivity index (χ1) is 12.2. The number of ether oxygens (including phenoxy) is 2. The molecule has 2 heterocycles. The van der Waals surface area contributed by atoms with Gasteiger partial charge in [-0.15, -0.1) is 11.3 Å². The van der Waals surface area contributed by atoms with Crippen LogP contribution < -0.4 is 9.47 Å². The van der Waals surface area contributed by atoms with Crippen molar-refractivity contribution in [1.82, 2.24) is 4.90 Å². The van der Waals surface area contributed by atoms with Gasteiger partial charge in [0, 0.05) is 4.88 Å². The Morgan fingerprint density at radius 3 is 2.28 bits per heavy atom. The lowest BCUT2D eigenvalue weighted by atomic mass is 9.93. The van der Waals surface area contributed by atoms with Gasteiger partial charge in [-0.3, -0.25) is 9.69 Å². The van der Waals surface area contributed by atoms with Crippen molar-refractivity contribution >= 4 is 17.3 Å². The van der Waals surface area contributed by atoms with Gasteiger partial charge in [-0.25, -0.2) is 0 Å². The fraction of sp³-hybridized carbons (Fsp3) is 0.421. The van der Waals surface area contributed by atoms with Crippen LogP contribution in [-0.4, -0.2) is 43.3 Å². The summed E-state index contributed by atoms with van der Waals surface area (Å²) >= 11 is 1.70. The Labute approximate surface area is 151 Å². The summed E-state index contributed by atoms with van der Waals surface area (Å²) in [5, 5.41) is 11.3. The van der Waals surface area contributed by atoms with Gasteiger partial charge in [-0.05, 0) is 49.5 Å². The summed E-state index contributed by atoms with van der Waals surface area (Å²) in [6.07, 6.45) is 1.32. The Morgan fingerprint density at radius 1 is 1.16 bits per heavy atom. The molecule has 0 spiro atoms. The molecule has 1 aliphatic rings. The number of carbonyl (C=O) groups is 1. The summed E-state index contributed by atoms with van der Waals surface area (Å²) in [4.78, 5) is 14.8. The minimum Gasteiger partial charge on any atom is -0.496 e. The lowest BCUT2D eigenvalue weighted by Gasteiger charge is -2.37. The highest BCUT2D eigenvalue weighted by Crippen LogP contribution is 2.43. The number of carboxylic acid groups (broad SMARTS) is 1. The number of likely N-dealkylation sites (tertiary alicyclic amines) is 1. The second-order valence-electron chi connectivity index (χ2n) is 6.14. The molecule has 25 heavy (non-hydrogen) atoms. The topological polar surface area (TPSA) is 59.0 Å². The standard InChI is InChI=1S/C19H23NO4S/c1-23-14-5-3-6-15(24-2)17(14)18(16-7-4-12-25-16)20-10-8-13(9-11-20)19(21)22/h3-7,12-13,18H,8-11H2,1-2H3,(H,21,22). The molecule has 1 aromatic heterocycles. The molecule has 5 nitrogen and oxygen atoms in total. The first-order valence-corrected chi connectivity index (χ1v) is 9.24. The minimum absolute atomic E-state index is 0.000782. The first kappa shape index (κ1) is 17.8. The Hall–Kier alpha value is -2.05. The average Bonchev–Trinajstić information content (AvgIpc) is 3.16. The van der Waals surface area contributed by atoms with E-state index in [0.717, 1.165) is 30.2 Å². The van der Waals surface area contributed by atoms with Crippen molar-refractivity contribution in [2.75, 3.05) is 27.3 Å². The summed E-state index contributed by atoms with van der Waals surface area (Å²) in [5.41, 5.74) is 1.00. The van der Waals surface area contributed by atoms with Gasteiger partial charge in [0.25, 0.3) is 0 Å². The molecule has 3 rings (SSSR count). The Balaban J connectivity index is 1.99. The number of thiophene rings is 1. The number of methoxy groups -OCH3 is 2. The van der Waals surface area contributed by atoms with Gasteiger partial charge in [0.15, 0.2) is 0 Å². The number of rotatable bonds is 6. The van der Waals surface area contributed by atoms with Crippen LogP contribution in [0, 0.1) is 5.92 Å². The summed E-state index contributed by atoms with van der Waals surface area (Å²) in [7, 11) is 3.33. The Bertz CT molecular complexity index is 686. The lowest BCUT2D eigenvalue weighted by Crippen LogP contribution is -2.39. The van der Waals surface area contributed by atoms with E-state index in [0.29, 0.717) is 12.8 Å². The third kappa shape index (κ3) is 3.65. The number of hydrogen-bond donors (Lipinski definition) is 1. The van der Waals surface area contributed by atoms with Gasteiger partial charge in [-0.1, -0.05) is 12.1 Å². The van der Waals surface area contributed by atoms with Gasteiger partial charge in [-0.2, -0.15) is 0 Å². The molecular weight excluding hydrogens is 338 g/mol. The molecule has 1 atom stereocenters. The van der Waals surface area contributed by atoms with Crippen molar-refractivity contribution in [3.63, 3.8) is 0 Å². The third-order valence-electron chi connectivity index (χ3n) is 4.80. The van der Waals surface area contributed by atoms with Gasteiger partial charge in [0.2, 0.25) is 0 Å². The predicted molar refractivity (Wildman–Crippen MR) is 97.6 cm³/mol. The van der Waals surface area contributed by atoms with Crippen molar-refractivity contribution in [1.29, 1.82) is 0 Å². The number of benzene rings is 1. The summed E-state index contributed by atoms with van der Waals surface area (Å²) in [5.74, 6) is 0.637. The molecule has 1 N–H and O–H groups in total. The van der Waals surface area contributed by atoms with Crippen LogP contribution >= 0.6 is 11.3 Å². The fourth-order valence-corrected chi connectivity index (χ4v) is 4.37. The smallest absolute Gasteiger partial charge is 0.306 e. The van der Waals surface area contributed by atoms with Gasteiger partial charge < -0.3 is 14.6 Å². The highest BCUT2D eigenvalue weighted by molar-refractivity contribution is 7.10. The van der Waals surface area contributed by atoms with E-state index < -0.39 is 5.97 Å². The maximum atomic E-state index is 11.3. The first-order valence-electron chi connectivity index (χ1n) is 8.36. The Kier molecular flexibility index (Phi) is 5.60. The molecule has 134 valence electrons. The number of hydrogen-bond acceptors (Lipinski definition) is 5. The van der Waals surface area contributed by atoms with Gasteiger partial charge in [0.1, 0.15) is 11.5 Å². The molecule has 1 aliphatic heterocycles. The summed E-state index contributed by atoms with van der Waals surface area (Å²) in [6, 6.07) is 9.97. The van der Waals surface area contributed by atoms with Crippen LogP contribution in [-0.2, 0) is 4.79 Å². The van der Waals surface area contributed by atoms with Crippen LogP contribution in [0.25, 0.3) is 0 Å². The average molecular weight is 361 g/mol. The molecule has 0 bridgehead atoms. The number of piperidine rings is 1. The zero-order valence-electron chi connectivity index (χ0n) is 14.5. The third-order valence-corrected chi connectivity index (χ3v) is 5.72. The lowest BCUT2D eigenvalue weighted by molar-refractivity contribution is -0.143. The monoisotopic (exact) mass is 361 g/mol. The van der Waals surface area contributed by atoms with E-state index >= 15 is 0 Å². The van der Waals surface area contributed by atoms with E-state index in [4.69, 9.17) is 9.47 Å². The fourth-order valence-electron chi connectivity index (χ4n) is 3.51. The zero-order chi connectivity index (χ0) is 17.8. The van der Waals surface area contributed by atoms with Gasteiger partial charge in [0.05, 0.1) is 31.7 Å². The van der Waals surface area contributed by atoms with E-state index in [9.17, 15) is 9.90 Å². The molecule has 1 aromatic carbocycles. The van der Waals surface area contributed by atoms with Crippen molar-refractivity contribution in [3.05, 3.63) is 46.2 Å². The van der Waals surface area contributed by atoms with Crippen LogP contribution in [0.3, 0.4) is 0 Å². The maximum Gasteiger partial charge on any atom is 0.306 e. The number of carboxylic acids is 1. The van der Waals surface area contributed by atoms with Crippen LogP contribution in [0.4, 0.5) is 0 Å². The van der Waals surface area contributed by atoms with Crippen LogP contribution in [0.2, 0.25) is 0 Å². The SMILES string of the molecule is COc1cccc(OC)c1C(c1cccs1)N1CCC(C(=O)O)CC1. The van der Waals surface area contributed by atoms with Crippen molar-refractivity contribution in [2.24, 2.45) is 5.92 Å². The van der Waals surface area contributed by atoms with E-state index in [2.05, 4.69) is 16.3 Å².